The topological polar surface area (TPSA) is 566 Å². The third kappa shape index (κ3) is 10.5. The number of nitrogens with zero attached hydrogens (tertiary/aromatic N) is 20. The lowest BCUT2D eigenvalue weighted by molar-refractivity contribution is -0.0774. The molecular weight excluding hydrogens is 1270 g/mol. The van der Waals surface area contributed by atoms with Gasteiger partial charge in [0, 0.05) is 12.6 Å². The van der Waals surface area contributed by atoms with Crippen molar-refractivity contribution in [3.63, 3.8) is 0 Å². The number of fused-ring (bicyclic) bond motifs is 15. The Hall–Kier alpha value is -8.46. The molecular formula is C47H52N24O19P2. The zero-order valence-electron chi connectivity index (χ0n) is 47.4. The molecule has 0 aliphatic carbocycles. The van der Waals surface area contributed by atoms with E-state index in [-0.39, 0.29) is 75.9 Å². The minimum absolute atomic E-state index is 0.0373. The number of ether oxygens (including phenoxy) is 5. The van der Waals surface area contributed by atoms with Crippen molar-refractivity contribution in [2.24, 2.45) is 0 Å². The van der Waals surface area contributed by atoms with Crippen molar-refractivity contribution < 1.29 is 81.1 Å². The van der Waals surface area contributed by atoms with Crippen molar-refractivity contribution in [2.75, 3.05) is 24.7 Å². The highest BCUT2D eigenvalue weighted by Gasteiger charge is 2.54. The first-order valence-electron chi connectivity index (χ1n) is 27.9. The van der Waals surface area contributed by atoms with Crippen LogP contribution in [0.4, 0.5) is 11.6 Å². The van der Waals surface area contributed by atoms with Gasteiger partial charge in [-0.25, -0.2) is 68.3 Å². The normalized spacial score (nSPS) is 33.4. The fraction of sp³-hybridized carbons (Fsp3) is 0.489. The van der Waals surface area contributed by atoms with Gasteiger partial charge < -0.3 is 75.3 Å². The molecule has 92 heavy (non-hydrogen) atoms. The van der Waals surface area contributed by atoms with E-state index >= 15 is 0 Å². The first kappa shape index (κ1) is 59.8. The summed E-state index contributed by atoms with van der Waals surface area (Å²) in [5.41, 5.74) is 13.1. The zero-order valence-corrected chi connectivity index (χ0v) is 49.2. The summed E-state index contributed by atoms with van der Waals surface area (Å²) in [6, 6.07) is -0.959. The number of phosphoric acid groups is 2. The molecule has 0 saturated carbocycles. The molecule has 43 nitrogen and oxygen atoms in total. The number of nitrogens with two attached hydrogens (primary N) is 2. The Bertz CT molecular complexity index is 4710. The minimum atomic E-state index is -4.96. The Kier molecular flexibility index (Phi) is 14.7. The monoisotopic (exact) mass is 1320 g/mol. The van der Waals surface area contributed by atoms with E-state index < -0.39 is 138 Å². The Balaban J connectivity index is 0.000000153. The number of nitrogens with one attached hydrogen (secondary N) is 2. The van der Waals surface area contributed by atoms with Crippen molar-refractivity contribution in [2.45, 2.75) is 132 Å². The van der Waals surface area contributed by atoms with Crippen molar-refractivity contribution >= 4 is 71.9 Å². The fourth-order valence-electron chi connectivity index (χ4n) is 12.0. The summed E-state index contributed by atoms with van der Waals surface area (Å²) >= 11 is 0. The summed E-state index contributed by atoms with van der Waals surface area (Å²) in [6.45, 7) is 1.78. The number of anilines is 2. The average molecular weight is 1320 g/mol. The zero-order chi connectivity index (χ0) is 63.8. The second kappa shape index (κ2) is 22.7. The van der Waals surface area contributed by atoms with Crippen molar-refractivity contribution in [1.82, 2.24) is 108 Å². The van der Waals surface area contributed by atoms with Crippen LogP contribution in [-0.2, 0) is 70.5 Å². The van der Waals surface area contributed by atoms with Gasteiger partial charge in [0.15, 0.2) is 70.2 Å². The van der Waals surface area contributed by atoms with Crippen LogP contribution in [0.3, 0.4) is 0 Å². The molecule has 18 atom stereocenters. The highest BCUT2D eigenvalue weighted by molar-refractivity contribution is 7.47. The molecule has 6 aliphatic heterocycles. The number of phosphoric ester groups is 2. The summed E-state index contributed by atoms with van der Waals surface area (Å²) in [5, 5.41) is 62.0. The van der Waals surface area contributed by atoms with E-state index in [2.05, 4.69) is 80.4 Å². The van der Waals surface area contributed by atoms with Gasteiger partial charge in [-0.2, -0.15) is 0 Å². The predicted octanol–water partition coefficient (Wildman–Crippen LogP) is -3.68. The van der Waals surface area contributed by atoms with Gasteiger partial charge in [-0.05, 0) is 13.8 Å². The standard InChI is InChI=1S/C24H27N12O10P.C23H25N12O9P/c1-9-30-21-14(22(39)31-9)29-8-36(21)24-18-15(37)12(45-24)5-43-47(40,41)46-17-11(3-34-2-10(4-42-18)32-33-34)44-23(16(17)38)35-7-28-13-19(25)26-6-27-20(13)35;1-8-29-20-13(21(38)30-8)28-7-34(20)22-14-15(36)11(43-22)4-41-45(39,40)44-17-10(2-9-3-35(14)32-31-9)42-23(16(17)37)33-6-27-12-18(24)25-5-26-19(12)33/h2,6-8,11-12,15-18,23-24,37-38H,3-5H2,1H3,(H,40,41)(H2,25,26,27)(H,30,31,39);3,5-7,10-11,14-17,22-23,36-37H,2,4H2,1H3,(H,39,40)(H2,24,25,26)(H,29,30,38)/t11-,12-,15?,16?,17+,18+,23-,24-;10-,11-,14+,15?,16?,17+,22-,23-/m11/s1. The van der Waals surface area contributed by atoms with Gasteiger partial charge in [0.25, 0.3) is 11.1 Å². The second-order valence-electron chi connectivity index (χ2n) is 22.1. The third-order valence-electron chi connectivity index (χ3n) is 16.2. The number of hydrogen-bond acceptors (Lipinski definition) is 33. The lowest BCUT2D eigenvalue weighted by Gasteiger charge is -2.24. The number of imidazole rings is 4. The van der Waals surface area contributed by atoms with Crippen LogP contribution in [0.2, 0.25) is 0 Å². The van der Waals surface area contributed by atoms with E-state index in [9.17, 15) is 48.9 Å². The molecule has 45 heteroatoms. The molecule has 0 amide bonds. The number of hydrogen-bond donors (Lipinski definition) is 10. The number of aliphatic hydroxyl groups excluding tert-OH is 4. The van der Waals surface area contributed by atoms with Crippen molar-refractivity contribution in [3.05, 3.63) is 94.1 Å². The largest absolute Gasteiger partial charge is 0.472 e. The van der Waals surface area contributed by atoms with Crippen LogP contribution >= 0.6 is 15.6 Å². The van der Waals surface area contributed by atoms with Crippen LogP contribution in [0.15, 0.2) is 59.9 Å². The number of aryl methyl sites for hydroxylation is 2. The first-order valence-corrected chi connectivity index (χ1v) is 30.9. The maximum Gasteiger partial charge on any atom is 0.472 e. The summed E-state index contributed by atoms with van der Waals surface area (Å²) in [6.07, 6.45) is -7.70. The number of nitrogen functional groups attached to an aromatic ring is 2. The molecule has 6 aliphatic rings. The molecule has 10 aromatic heterocycles. The van der Waals surface area contributed by atoms with Gasteiger partial charge in [-0.1, -0.05) is 10.4 Å². The number of rotatable bonds is 4. The number of aromatic amines is 2. The van der Waals surface area contributed by atoms with Gasteiger partial charge >= 0.3 is 15.6 Å². The van der Waals surface area contributed by atoms with Gasteiger partial charge in [0.05, 0.1) is 69.7 Å². The third-order valence-corrected chi connectivity index (χ3v) is 18.2. The van der Waals surface area contributed by atoms with E-state index in [1.165, 1.54) is 65.6 Å². The smallest absolute Gasteiger partial charge is 0.388 e. The van der Waals surface area contributed by atoms with Crippen LogP contribution in [-0.4, -0.2) is 219 Å². The Morgan fingerprint density at radius 2 is 1.03 bits per heavy atom. The molecule has 0 radical (unpaired) electrons. The molecule has 0 spiro atoms. The maximum absolute atomic E-state index is 13.3. The molecule has 484 valence electrons. The van der Waals surface area contributed by atoms with Crippen molar-refractivity contribution in [1.29, 1.82) is 0 Å². The summed E-state index contributed by atoms with van der Waals surface area (Å²) in [7, 11) is -9.85. The second-order valence-corrected chi connectivity index (χ2v) is 24.9. The van der Waals surface area contributed by atoms with Crippen LogP contribution < -0.4 is 22.6 Å². The van der Waals surface area contributed by atoms with Gasteiger partial charge in [-0.3, -0.25) is 46.0 Å². The number of aliphatic hydroxyl groups is 4. The molecule has 6 unspecified atom stereocenters. The first-order chi connectivity index (χ1) is 44.1. The SMILES string of the molecule is Cc1nc2c(ncn2[C@@H]2O[C@@H]3COP(=O)(O)O[C@@H]4C(O)[C@H](n5cnc6c(N)ncnc65)O[C@@H]4Cc4cn(nn4)[C@H]2C3O)c(=O)[nH]1.Cc1nc2c(ncn2[C@@H]2O[C@@H]3COP(=O)(O)O[C@@H]4C(O)[C@H](n5cnc6c(N)ncnc65)O[C@@H]4Cn4cc(nn4)CO[C@H]2C3O)c(=O)[nH]1. The summed E-state index contributed by atoms with van der Waals surface area (Å²) < 4.78 is 87.1. The fourth-order valence-corrected chi connectivity index (χ4v) is 13.9. The average Bonchev–Trinajstić information content (AvgIpc) is 1.65. The lowest BCUT2D eigenvalue weighted by Crippen LogP contribution is -2.37. The van der Waals surface area contributed by atoms with Crippen LogP contribution in [0, 0.1) is 13.8 Å². The molecule has 16 rings (SSSR count). The summed E-state index contributed by atoms with van der Waals surface area (Å²) in [5.74, 6) is 0.884. The van der Waals surface area contributed by atoms with E-state index in [4.69, 9.17) is 53.2 Å². The van der Waals surface area contributed by atoms with Gasteiger partial charge in [0.2, 0.25) is 0 Å². The molecule has 10 aromatic rings. The van der Waals surface area contributed by atoms with E-state index in [0.717, 1.165) is 0 Å². The highest BCUT2D eigenvalue weighted by Crippen LogP contribution is 2.52. The predicted molar refractivity (Wildman–Crippen MR) is 298 cm³/mol. The quantitative estimate of drug-likeness (QED) is 0.0759. The van der Waals surface area contributed by atoms with E-state index in [0.29, 0.717) is 23.0 Å². The van der Waals surface area contributed by atoms with Crippen LogP contribution in [0.25, 0.3) is 44.7 Å². The molecule has 12 N–H and O–H groups in total. The van der Waals surface area contributed by atoms with E-state index in [1.807, 2.05) is 0 Å². The molecule has 0 aromatic carbocycles. The van der Waals surface area contributed by atoms with Crippen molar-refractivity contribution in [3.8, 4) is 0 Å². The minimum Gasteiger partial charge on any atom is -0.388 e. The molecule has 4 fully saturated rings. The molecule has 8 bridgehead atoms. The number of H-pyrrole nitrogens is 2. The Labute approximate surface area is 510 Å². The molecule has 16 heterocycles. The highest BCUT2D eigenvalue weighted by atomic mass is 31.2. The van der Waals surface area contributed by atoms with E-state index in [1.54, 1.807) is 26.2 Å². The van der Waals surface area contributed by atoms with Gasteiger partial charge in [-0.15, -0.1) is 10.2 Å². The lowest BCUT2D eigenvalue weighted by atomic mass is 10.1. The Morgan fingerprint density at radius 3 is 1.62 bits per heavy atom. The maximum atomic E-state index is 13.3. The van der Waals surface area contributed by atoms with Crippen LogP contribution in [0.5, 0.6) is 0 Å². The Morgan fingerprint density at radius 1 is 0.543 bits per heavy atom. The van der Waals surface area contributed by atoms with Crippen LogP contribution in [0.1, 0.15) is 54.0 Å². The molecule has 4 saturated heterocycles. The summed E-state index contributed by atoms with van der Waals surface area (Å²) in [4.78, 5) is 93.2. The number of aromatic nitrogens is 22. The van der Waals surface area contributed by atoms with Gasteiger partial charge in [0.1, 0.15) is 108 Å².